The summed E-state index contributed by atoms with van der Waals surface area (Å²) in [4.78, 5) is 4.12. The first-order valence-corrected chi connectivity index (χ1v) is 5.71. The van der Waals surface area contributed by atoms with Crippen LogP contribution in [-0.2, 0) is 19.3 Å². The van der Waals surface area contributed by atoms with E-state index in [1.54, 1.807) is 9.36 Å². The Kier molecular flexibility index (Phi) is 3.47. The minimum absolute atomic E-state index is 0.516. The first-order valence-electron chi connectivity index (χ1n) is 4.73. The maximum atomic E-state index is 5.45. The molecule has 0 amide bonds. The number of hydrogen-bond acceptors (Lipinski definition) is 7. The molecule has 0 aliphatic rings. The molecule has 16 heavy (non-hydrogen) atoms. The molecule has 8 nitrogen and oxygen atoms in total. The highest BCUT2D eigenvalue weighted by molar-refractivity contribution is 7.98. The first-order chi connectivity index (χ1) is 7.81. The average Bonchev–Trinajstić information content (AvgIpc) is 2.86. The van der Waals surface area contributed by atoms with E-state index in [1.165, 1.54) is 18.1 Å². The van der Waals surface area contributed by atoms with E-state index >= 15 is 0 Å². The van der Waals surface area contributed by atoms with E-state index in [0.717, 1.165) is 11.0 Å². The van der Waals surface area contributed by atoms with Crippen LogP contribution in [0.25, 0.3) is 0 Å². The summed E-state index contributed by atoms with van der Waals surface area (Å²) in [6, 6.07) is 0. The molecule has 0 aliphatic heterocycles. The Hall–Kier alpha value is -1.48. The smallest absolute Gasteiger partial charge is 0.209 e. The Bertz CT molecular complexity index is 449. The van der Waals surface area contributed by atoms with Crippen molar-refractivity contribution in [2.75, 3.05) is 6.54 Å². The predicted octanol–water partition coefficient (Wildman–Crippen LogP) is -0.947. The molecule has 2 rings (SSSR count). The molecule has 0 unspecified atom stereocenters. The molecule has 2 heterocycles. The van der Waals surface area contributed by atoms with Crippen LogP contribution in [0, 0.1) is 0 Å². The molecule has 2 N–H and O–H groups in total. The Morgan fingerprint density at radius 2 is 2.38 bits per heavy atom. The summed E-state index contributed by atoms with van der Waals surface area (Å²) in [6.07, 6.45) is 1.53. The minimum atomic E-state index is 0.516. The van der Waals surface area contributed by atoms with Crippen LogP contribution in [0.15, 0.2) is 11.5 Å². The molecule has 9 heteroatoms. The third kappa shape index (κ3) is 2.36. The van der Waals surface area contributed by atoms with Gasteiger partial charge in [-0.3, -0.25) is 4.68 Å². The molecular formula is C7H12N8S. The lowest BCUT2D eigenvalue weighted by Gasteiger charge is -2.01. The lowest BCUT2D eigenvalue weighted by molar-refractivity contribution is 0.556. The van der Waals surface area contributed by atoms with Crippen LogP contribution in [0.1, 0.15) is 5.82 Å². The van der Waals surface area contributed by atoms with Crippen molar-refractivity contribution in [3.05, 3.63) is 12.2 Å². The van der Waals surface area contributed by atoms with Gasteiger partial charge in [0.15, 0.2) is 0 Å². The van der Waals surface area contributed by atoms with Crippen LogP contribution >= 0.6 is 11.8 Å². The molecule has 0 aromatic carbocycles. The number of aromatic nitrogens is 7. The van der Waals surface area contributed by atoms with E-state index < -0.39 is 0 Å². The lowest BCUT2D eigenvalue weighted by atomic mass is 10.7. The van der Waals surface area contributed by atoms with Gasteiger partial charge >= 0.3 is 0 Å². The van der Waals surface area contributed by atoms with E-state index in [9.17, 15) is 0 Å². The van der Waals surface area contributed by atoms with Gasteiger partial charge in [0.05, 0.1) is 12.3 Å². The van der Waals surface area contributed by atoms with Crippen molar-refractivity contribution >= 4 is 11.8 Å². The molecular weight excluding hydrogens is 228 g/mol. The highest BCUT2D eigenvalue weighted by atomic mass is 32.2. The first kappa shape index (κ1) is 11.0. The molecule has 2 aromatic heterocycles. The van der Waals surface area contributed by atoms with E-state index in [-0.39, 0.29) is 0 Å². The fraction of sp³-hybridized carbons (Fsp3) is 0.571. The second-order valence-corrected chi connectivity index (χ2v) is 4.00. The van der Waals surface area contributed by atoms with Crippen molar-refractivity contribution < 1.29 is 0 Å². The van der Waals surface area contributed by atoms with Crippen molar-refractivity contribution in [2.45, 2.75) is 17.5 Å². The summed E-state index contributed by atoms with van der Waals surface area (Å²) >= 11 is 1.51. The van der Waals surface area contributed by atoms with Crippen LogP contribution in [0.2, 0.25) is 0 Å². The van der Waals surface area contributed by atoms with E-state index in [4.69, 9.17) is 5.73 Å². The summed E-state index contributed by atoms with van der Waals surface area (Å²) in [7, 11) is 1.85. The maximum Gasteiger partial charge on any atom is 0.209 e. The molecule has 0 aliphatic carbocycles. The van der Waals surface area contributed by atoms with Crippen molar-refractivity contribution in [1.29, 1.82) is 0 Å². The van der Waals surface area contributed by atoms with Gasteiger partial charge in [-0.1, -0.05) is 11.8 Å². The summed E-state index contributed by atoms with van der Waals surface area (Å²) in [5.41, 5.74) is 5.45. The maximum absolute atomic E-state index is 5.45. The zero-order valence-electron chi connectivity index (χ0n) is 8.81. The fourth-order valence-corrected chi connectivity index (χ4v) is 2.03. The third-order valence-electron chi connectivity index (χ3n) is 1.98. The van der Waals surface area contributed by atoms with E-state index in [2.05, 4.69) is 25.6 Å². The van der Waals surface area contributed by atoms with Gasteiger partial charge in [0, 0.05) is 13.6 Å². The summed E-state index contributed by atoms with van der Waals surface area (Å²) in [5, 5.41) is 16.1. The SMILES string of the molecule is Cn1ncnc1CSc1nnnn1CCN. The second kappa shape index (κ2) is 5.03. The van der Waals surface area contributed by atoms with Crippen LogP contribution in [-0.4, -0.2) is 41.5 Å². The summed E-state index contributed by atoms with van der Waals surface area (Å²) in [5.74, 6) is 1.56. The van der Waals surface area contributed by atoms with Crippen molar-refractivity contribution in [3.63, 3.8) is 0 Å². The molecule has 0 saturated heterocycles. The van der Waals surface area contributed by atoms with Gasteiger partial charge in [-0.25, -0.2) is 9.67 Å². The highest BCUT2D eigenvalue weighted by Crippen LogP contribution is 2.17. The molecule has 0 spiro atoms. The number of thioether (sulfide) groups is 1. The van der Waals surface area contributed by atoms with Gasteiger partial charge in [0.25, 0.3) is 0 Å². The number of hydrogen-bond donors (Lipinski definition) is 1. The normalized spacial score (nSPS) is 10.9. The molecule has 0 atom stereocenters. The fourth-order valence-electron chi connectivity index (χ4n) is 1.14. The van der Waals surface area contributed by atoms with Crippen molar-refractivity contribution in [1.82, 2.24) is 35.0 Å². The van der Waals surface area contributed by atoms with Crippen LogP contribution in [0.4, 0.5) is 0 Å². The molecule has 0 radical (unpaired) electrons. The number of tetrazole rings is 1. The number of rotatable bonds is 5. The Labute approximate surface area is 96.2 Å². The van der Waals surface area contributed by atoms with E-state index in [0.29, 0.717) is 18.8 Å². The lowest BCUT2D eigenvalue weighted by Crippen LogP contribution is -2.12. The molecule has 2 aromatic rings. The number of aryl methyl sites for hydroxylation is 1. The van der Waals surface area contributed by atoms with Crippen molar-refractivity contribution in [2.24, 2.45) is 12.8 Å². The van der Waals surface area contributed by atoms with Gasteiger partial charge < -0.3 is 5.73 Å². The van der Waals surface area contributed by atoms with Gasteiger partial charge in [0.1, 0.15) is 12.2 Å². The molecule has 0 fully saturated rings. The largest absolute Gasteiger partial charge is 0.329 e. The van der Waals surface area contributed by atoms with Crippen LogP contribution in [0.3, 0.4) is 0 Å². The molecule has 0 saturated carbocycles. The zero-order valence-corrected chi connectivity index (χ0v) is 9.63. The van der Waals surface area contributed by atoms with Crippen LogP contribution in [0.5, 0.6) is 0 Å². The van der Waals surface area contributed by atoms with Gasteiger partial charge in [-0.15, -0.1) is 5.10 Å². The third-order valence-corrected chi connectivity index (χ3v) is 2.93. The van der Waals surface area contributed by atoms with Gasteiger partial charge in [-0.2, -0.15) is 5.10 Å². The van der Waals surface area contributed by atoms with Crippen LogP contribution < -0.4 is 5.73 Å². The summed E-state index contributed by atoms with van der Waals surface area (Å²) in [6.45, 7) is 1.14. The number of nitrogens with zero attached hydrogens (tertiary/aromatic N) is 7. The Morgan fingerprint density at radius 1 is 1.50 bits per heavy atom. The standard InChI is InChI=1S/C7H12N8S/c1-14-6(9-5-10-14)4-16-7-11-12-13-15(7)3-2-8/h5H,2-4,8H2,1H3. The molecule has 86 valence electrons. The van der Waals surface area contributed by atoms with Gasteiger partial charge in [0.2, 0.25) is 5.16 Å². The average molecular weight is 240 g/mol. The monoisotopic (exact) mass is 240 g/mol. The second-order valence-electron chi connectivity index (χ2n) is 3.06. The number of nitrogens with two attached hydrogens (primary N) is 1. The topological polar surface area (TPSA) is 100 Å². The van der Waals surface area contributed by atoms with Crippen molar-refractivity contribution in [3.8, 4) is 0 Å². The zero-order chi connectivity index (χ0) is 11.4. The Morgan fingerprint density at radius 3 is 3.06 bits per heavy atom. The molecule has 0 bridgehead atoms. The highest BCUT2D eigenvalue weighted by Gasteiger charge is 2.08. The van der Waals surface area contributed by atoms with E-state index in [1.807, 2.05) is 7.05 Å². The Balaban J connectivity index is 1.99. The quantitative estimate of drug-likeness (QED) is 0.672. The summed E-state index contributed by atoms with van der Waals surface area (Å²) < 4.78 is 3.41. The van der Waals surface area contributed by atoms with Gasteiger partial charge in [-0.05, 0) is 10.4 Å². The predicted molar refractivity (Wildman–Crippen MR) is 57.4 cm³/mol. The minimum Gasteiger partial charge on any atom is -0.329 e.